The van der Waals surface area contributed by atoms with Crippen LogP contribution in [0.25, 0.3) is 0 Å². The molecular formula is H10Ca2ClNaO2. The van der Waals surface area contributed by atoms with E-state index in [1.165, 1.54) is 0 Å². The van der Waals surface area contributed by atoms with Gasteiger partial charge < -0.3 is 11.0 Å². The summed E-state index contributed by atoms with van der Waals surface area (Å²) in [6, 6.07) is 0. The molecule has 0 aliphatic carbocycles. The molecule has 4 N–H and O–H groups in total. The minimum atomic E-state index is 0. The van der Waals surface area contributed by atoms with Crippen LogP contribution in [0, 0.1) is 0 Å². The third kappa shape index (κ3) is 25.2. The molecule has 0 amide bonds. The van der Waals surface area contributed by atoms with Crippen molar-refractivity contribution in [3.8, 4) is 0 Å². The Hall–Kier alpha value is 3.73. The first-order valence-electron chi connectivity index (χ1n) is 0. The molecule has 0 saturated heterocycles. The van der Waals surface area contributed by atoms with E-state index in [0.717, 1.165) is 0 Å². The molecule has 0 radical (unpaired) electrons. The number of halogens is 1. The first-order valence-corrected chi connectivity index (χ1v) is 0. The Morgan fingerprint density at radius 1 is 0.667 bits per heavy atom. The fourth-order valence-corrected chi connectivity index (χ4v) is 0. The van der Waals surface area contributed by atoms with Crippen LogP contribution in [0.2, 0.25) is 0 Å². The van der Waals surface area contributed by atoms with Crippen molar-refractivity contribution in [2.24, 2.45) is 0 Å². The topological polar surface area (TPSA) is 63.0 Å². The molecular weight excluding hydrogens is 171 g/mol. The second-order valence-electron chi connectivity index (χ2n) is 0. The molecule has 6 heavy (non-hydrogen) atoms. The summed E-state index contributed by atoms with van der Waals surface area (Å²) in [6.45, 7) is 0. The van der Waals surface area contributed by atoms with Crippen molar-refractivity contribution in [2.75, 3.05) is 0 Å². The van der Waals surface area contributed by atoms with Gasteiger partial charge in [-0.05, 0) is 0 Å². The van der Waals surface area contributed by atoms with Gasteiger partial charge >= 0.3 is 105 Å². The molecule has 0 heterocycles. The summed E-state index contributed by atoms with van der Waals surface area (Å²) in [5.41, 5.74) is 0. The zero-order valence-corrected chi connectivity index (χ0v) is 2.22. The quantitative estimate of drug-likeness (QED) is 0.345. The molecule has 0 aromatic rings. The molecule has 0 unspecified atom stereocenters. The molecule has 6 heteroatoms. The molecule has 0 fully saturated rings. The van der Waals surface area contributed by atoms with Gasteiger partial charge in [0.05, 0.1) is 0 Å². The van der Waals surface area contributed by atoms with Gasteiger partial charge in [-0.25, -0.2) is 0 Å². The first kappa shape index (κ1) is 53.3. The average molecular weight is 181 g/mol. The predicted molar refractivity (Wildman–Crippen MR) is 38.7 cm³/mol. The van der Waals surface area contributed by atoms with Crippen LogP contribution >= 0.6 is 12.4 Å². The van der Waals surface area contributed by atoms with E-state index >= 15 is 0 Å². The van der Waals surface area contributed by atoms with Crippen LogP contribution < -0.4 is 0 Å². The summed E-state index contributed by atoms with van der Waals surface area (Å²) in [5, 5.41) is 0. The SMILES string of the molecule is Cl.O.O.[CaH2].[CaH2].[NaH]. The van der Waals surface area contributed by atoms with Crippen LogP contribution in [0.4, 0.5) is 0 Å². The molecule has 0 aliphatic rings. The second kappa shape index (κ2) is 37.5. The van der Waals surface area contributed by atoms with Gasteiger partial charge in [0, 0.05) is 0 Å². The average Bonchev–Trinajstić information content (AvgIpc) is 0. The standard InChI is InChI=1S/2Ca.ClH.Na.2H2O.5H/h;;1H;;2*1H2;;;;;. The van der Waals surface area contributed by atoms with E-state index in [9.17, 15) is 0 Å². The minimum absolute atomic E-state index is 0. The third-order valence-corrected chi connectivity index (χ3v) is 0. The van der Waals surface area contributed by atoms with Gasteiger partial charge in [-0.1, -0.05) is 0 Å². The molecule has 34 valence electrons. The van der Waals surface area contributed by atoms with Gasteiger partial charge in [-0.2, -0.15) is 0 Å². The summed E-state index contributed by atoms with van der Waals surface area (Å²) in [7, 11) is 0. The Bertz CT molecular complexity index is 11.5. The van der Waals surface area contributed by atoms with E-state index in [0.29, 0.717) is 0 Å². The van der Waals surface area contributed by atoms with Crippen molar-refractivity contribution in [1.29, 1.82) is 0 Å². The molecule has 0 aliphatic heterocycles. The van der Waals surface area contributed by atoms with E-state index in [-0.39, 0.29) is 128 Å². The fraction of sp³-hybridized carbons (Fsp3) is 0. The molecule has 2 nitrogen and oxygen atoms in total. The zero-order valence-electron chi connectivity index (χ0n) is 1.41. The molecule has 0 spiro atoms. The summed E-state index contributed by atoms with van der Waals surface area (Å²) in [4.78, 5) is 0. The van der Waals surface area contributed by atoms with Gasteiger partial charge in [0.15, 0.2) is 0 Å². The van der Waals surface area contributed by atoms with E-state index in [1.807, 2.05) is 0 Å². The van der Waals surface area contributed by atoms with Crippen LogP contribution in [-0.4, -0.2) is 116 Å². The molecule has 0 bridgehead atoms. The van der Waals surface area contributed by atoms with E-state index in [2.05, 4.69) is 0 Å². The Labute approximate surface area is 125 Å². The van der Waals surface area contributed by atoms with Gasteiger partial charge in [-0.15, -0.1) is 12.4 Å². The van der Waals surface area contributed by atoms with Crippen molar-refractivity contribution in [2.45, 2.75) is 0 Å². The monoisotopic (exact) mass is 180 g/mol. The van der Waals surface area contributed by atoms with Gasteiger partial charge in [0.1, 0.15) is 0 Å². The van der Waals surface area contributed by atoms with Crippen molar-refractivity contribution < 1.29 is 11.0 Å². The molecule has 0 aromatic heterocycles. The summed E-state index contributed by atoms with van der Waals surface area (Å²) >= 11 is 0. The summed E-state index contributed by atoms with van der Waals surface area (Å²) < 4.78 is 0. The normalized spacial score (nSPS) is 0. The maximum atomic E-state index is 0. The molecule has 0 atom stereocenters. The Morgan fingerprint density at radius 3 is 0.667 bits per heavy atom. The molecule has 0 rings (SSSR count). The zero-order chi connectivity index (χ0) is 0. The van der Waals surface area contributed by atoms with Crippen LogP contribution in [0.3, 0.4) is 0 Å². The number of hydrogen-bond acceptors (Lipinski definition) is 0. The number of rotatable bonds is 0. The van der Waals surface area contributed by atoms with Crippen LogP contribution in [0.15, 0.2) is 0 Å². The van der Waals surface area contributed by atoms with Gasteiger partial charge in [0.2, 0.25) is 0 Å². The molecule has 0 aromatic carbocycles. The van der Waals surface area contributed by atoms with E-state index in [1.54, 1.807) is 0 Å². The molecule has 0 saturated carbocycles. The Balaban J connectivity index is 0. The van der Waals surface area contributed by atoms with Crippen LogP contribution in [-0.2, 0) is 0 Å². The van der Waals surface area contributed by atoms with Crippen molar-refractivity contribution in [1.82, 2.24) is 0 Å². The second-order valence-corrected chi connectivity index (χ2v) is 0. The van der Waals surface area contributed by atoms with E-state index < -0.39 is 0 Å². The Kier molecular flexibility index (Phi) is 333. The predicted octanol–water partition coefficient (Wildman–Crippen LogP) is -3.71. The third-order valence-electron chi connectivity index (χ3n) is 0. The fourth-order valence-electron chi connectivity index (χ4n) is 0. The van der Waals surface area contributed by atoms with E-state index in [4.69, 9.17) is 0 Å². The number of hydrogen-bond donors (Lipinski definition) is 0. The van der Waals surface area contributed by atoms with Crippen LogP contribution in [0.5, 0.6) is 0 Å². The van der Waals surface area contributed by atoms with Crippen molar-refractivity contribution in [3.05, 3.63) is 0 Å². The van der Waals surface area contributed by atoms with Gasteiger partial charge in [0.25, 0.3) is 0 Å². The van der Waals surface area contributed by atoms with Crippen molar-refractivity contribution >= 4 is 117 Å². The maximum absolute atomic E-state index is 0. The first-order chi connectivity index (χ1) is 0. The van der Waals surface area contributed by atoms with Gasteiger partial charge in [-0.3, -0.25) is 0 Å². The van der Waals surface area contributed by atoms with Crippen LogP contribution in [0.1, 0.15) is 0 Å². The Morgan fingerprint density at radius 2 is 0.667 bits per heavy atom. The summed E-state index contributed by atoms with van der Waals surface area (Å²) in [6.07, 6.45) is 0. The summed E-state index contributed by atoms with van der Waals surface area (Å²) in [5.74, 6) is 0. The van der Waals surface area contributed by atoms with Crippen molar-refractivity contribution in [3.63, 3.8) is 0 Å².